The van der Waals surface area contributed by atoms with Crippen LogP contribution in [0.3, 0.4) is 0 Å². The smallest absolute Gasteiger partial charge is 0.175 e. The molecule has 4 aromatic carbocycles. The molecule has 11 heteroatoms. The topological polar surface area (TPSA) is 120 Å². The van der Waals surface area contributed by atoms with Crippen LogP contribution in [0.5, 0.6) is 51.7 Å². The number of Topliss-reactive ketones (excluding diaryl/α,β-unsaturated/α-hetero) is 1. The first-order chi connectivity index (χ1) is 24.2. The Balaban J connectivity index is 1.61. The SMILES string of the molecule is COc1cc2c(c(OC)c1)C(=O)[C@@H](c1c(OC)cc(OC)c3c1O[C@H](c1ccc(OC)c(OC)c1)[C@@H](O)C3)[C@@H](c1ccc(OC)c(OC)c1)C2. The van der Waals surface area contributed by atoms with Gasteiger partial charge >= 0.3 is 0 Å². The monoisotopic (exact) mass is 686 g/mol. The Morgan fingerprint density at radius 1 is 0.600 bits per heavy atom. The molecule has 264 valence electrons. The highest BCUT2D eigenvalue weighted by molar-refractivity contribution is 6.07. The molecule has 2 aliphatic rings. The highest BCUT2D eigenvalue weighted by Gasteiger charge is 2.46. The maximum atomic E-state index is 15.1. The number of benzene rings is 4. The van der Waals surface area contributed by atoms with Crippen molar-refractivity contribution in [3.63, 3.8) is 0 Å². The van der Waals surface area contributed by atoms with Crippen molar-refractivity contribution in [3.05, 3.63) is 88.0 Å². The molecule has 0 amide bonds. The van der Waals surface area contributed by atoms with Crippen LogP contribution >= 0.6 is 0 Å². The molecule has 11 nitrogen and oxygen atoms in total. The van der Waals surface area contributed by atoms with E-state index in [4.69, 9.17) is 42.6 Å². The van der Waals surface area contributed by atoms with Crippen LogP contribution in [0.1, 0.15) is 56.1 Å². The van der Waals surface area contributed by atoms with E-state index in [1.54, 1.807) is 74.0 Å². The summed E-state index contributed by atoms with van der Waals surface area (Å²) < 4.78 is 52.3. The first-order valence-corrected chi connectivity index (χ1v) is 16.1. The average molecular weight is 687 g/mol. The van der Waals surface area contributed by atoms with Gasteiger partial charge in [-0.1, -0.05) is 12.1 Å². The fourth-order valence-electron chi connectivity index (χ4n) is 7.27. The summed E-state index contributed by atoms with van der Waals surface area (Å²) in [6, 6.07) is 16.4. The molecule has 0 radical (unpaired) electrons. The third kappa shape index (κ3) is 5.85. The van der Waals surface area contributed by atoms with Gasteiger partial charge in [-0.05, 0) is 53.4 Å². The van der Waals surface area contributed by atoms with Crippen LogP contribution in [-0.2, 0) is 12.8 Å². The average Bonchev–Trinajstić information content (AvgIpc) is 3.15. The Labute approximate surface area is 291 Å². The number of fused-ring (bicyclic) bond motifs is 2. The van der Waals surface area contributed by atoms with Crippen LogP contribution in [0.25, 0.3) is 0 Å². The maximum Gasteiger partial charge on any atom is 0.175 e. The first-order valence-electron chi connectivity index (χ1n) is 16.1. The van der Waals surface area contributed by atoms with E-state index in [2.05, 4.69) is 0 Å². The lowest BCUT2D eigenvalue weighted by Gasteiger charge is -2.38. The van der Waals surface area contributed by atoms with Gasteiger partial charge in [-0.2, -0.15) is 0 Å². The third-order valence-corrected chi connectivity index (χ3v) is 9.66. The van der Waals surface area contributed by atoms with Crippen molar-refractivity contribution in [2.45, 2.75) is 36.9 Å². The van der Waals surface area contributed by atoms with E-state index in [0.717, 1.165) is 11.1 Å². The summed E-state index contributed by atoms with van der Waals surface area (Å²) in [5, 5.41) is 11.5. The molecule has 6 rings (SSSR count). The van der Waals surface area contributed by atoms with E-state index in [9.17, 15) is 5.11 Å². The number of ether oxygens (including phenoxy) is 9. The second kappa shape index (κ2) is 14.3. The van der Waals surface area contributed by atoms with Gasteiger partial charge in [0.15, 0.2) is 28.8 Å². The molecule has 1 aliphatic carbocycles. The van der Waals surface area contributed by atoms with Gasteiger partial charge in [0.25, 0.3) is 0 Å². The van der Waals surface area contributed by atoms with Crippen LogP contribution in [0.2, 0.25) is 0 Å². The molecular weight excluding hydrogens is 644 g/mol. The number of ketones is 1. The summed E-state index contributed by atoms with van der Waals surface area (Å²) in [6.07, 6.45) is -1.14. The van der Waals surface area contributed by atoms with Crippen molar-refractivity contribution in [2.75, 3.05) is 56.9 Å². The predicted octanol–water partition coefficient (Wildman–Crippen LogP) is 6.10. The van der Waals surface area contributed by atoms with Crippen molar-refractivity contribution in [3.8, 4) is 51.7 Å². The van der Waals surface area contributed by atoms with Crippen LogP contribution in [0.4, 0.5) is 0 Å². The second-order valence-electron chi connectivity index (χ2n) is 12.1. The maximum absolute atomic E-state index is 15.1. The number of aliphatic hydroxyl groups is 1. The lowest BCUT2D eigenvalue weighted by Crippen LogP contribution is -2.34. The van der Waals surface area contributed by atoms with E-state index < -0.39 is 24.0 Å². The van der Waals surface area contributed by atoms with Gasteiger partial charge in [0.2, 0.25) is 0 Å². The largest absolute Gasteiger partial charge is 0.497 e. The number of rotatable bonds is 11. The van der Waals surface area contributed by atoms with Crippen molar-refractivity contribution in [1.29, 1.82) is 0 Å². The minimum absolute atomic E-state index is 0.186. The van der Waals surface area contributed by atoms with Gasteiger partial charge in [0, 0.05) is 35.6 Å². The third-order valence-electron chi connectivity index (χ3n) is 9.66. The molecule has 50 heavy (non-hydrogen) atoms. The zero-order valence-corrected chi connectivity index (χ0v) is 29.4. The normalized spacial score (nSPS) is 19.3. The number of carbonyl (C=O) groups is 1. The van der Waals surface area contributed by atoms with Gasteiger partial charge in [-0.15, -0.1) is 0 Å². The molecule has 0 saturated heterocycles. The number of hydrogen-bond acceptors (Lipinski definition) is 11. The summed E-state index contributed by atoms with van der Waals surface area (Å²) in [7, 11) is 12.5. The van der Waals surface area contributed by atoms with Crippen molar-refractivity contribution < 1.29 is 52.5 Å². The lowest BCUT2D eigenvalue weighted by molar-refractivity contribution is 0.0185. The predicted molar refractivity (Wildman–Crippen MR) is 185 cm³/mol. The molecule has 0 fully saturated rings. The Kier molecular flexibility index (Phi) is 9.88. The highest BCUT2D eigenvalue weighted by Crippen LogP contribution is 2.56. The summed E-state index contributed by atoms with van der Waals surface area (Å²) in [5.41, 5.74) is 3.90. The molecule has 0 saturated carbocycles. The van der Waals surface area contributed by atoms with Crippen molar-refractivity contribution >= 4 is 5.78 Å². The lowest BCUT2D eigenvalue weighted by atomic mass is 9.68. The van der Waals surface area contributed by atoms with E-state index in [0.29, 0.717) is 80.4 Å². The summed E-state index contributed by atoms with van der Waals surface area (Å²) in [6.45, 7) is 0. The first kappa shape index (κ1) is 34.6. The van der Waals surface area contributed by atoms with Crippen LogP contribution < -0.4 is 42.6 Å². The standard InChI is InChI=1S/C39H42O11/c1-42-23-13-22-14-24(20-9-11-27(43-2)30(15-20)46-5)35(37(41)34(22)32(17-23)48-7)36-33(49-8)19-29(45-4)25-18-26(40)38(50-39(25)36)21-10-12-28(44-3)31(16-21)47-6/h9-13,15-17,19,24,26,35,38,40H,14,18H2,1-8H3/t24-,26+,35-,38-/m1/s1. The van der Waals surface area contributed by atoms with Crippen molar-refractivity contribution in [1.82, 2.24) is 0 Å². The fraction of sp³-hybridized carbons (Fsp3) is 0.359. The molecule has 1 aliphatic heterocycles. The Morgan fingerprint density at radius 3 is 1.76 bits per heavy atom. The molecule has 0 aromatic heterocycles. The molecule has 1 heterocycles. The molecule has 0 bridgehead atoms. The quantitative estimate of drug-likeness (QED) is 0.197. The number of hydrogen-bond donors (Lipinski definition) is 1. The van der Waals surface area contributed by atoms with E-state index in [-0.39, 0.29) is 12.2 Å². The molecular formula is C39H42O11. The van der Waals surface area contributed by atoms with Crippen LogP contribution in [0.15, 0.2) is 54.6 Å². The molecule has 0 spiro atoms. The minimum atomic E-state index is -0.951. The number of carbonyl (C=O) groups excluding carboxylic acids is 1. The van der Waals surface area contributed by atoms with Gasteiger partial charge in [0.1, 0.15) is 34.9 Å². The summed E-state index contributed by atoms with van der Waals surface area (Å²) in [4.78, 5) is 15.1. The summed E-state index contributed by atoms with van der Waals surface area (Å²) in [5.74, 6) is 2.96. The zero-order chi connectivity index (χ0) is 35.7. The van der Waals surface area contributed by atoms with E-state index in [1.165, 1.54) is 7.11 Å². The number of aliphatic hydroxyl groups excluding tert-OH is 1. The van der Waals surface area contributed by atoms with E-state index in [1.807, 2.05) is 30.3 Å². The van der Waals surface area contributed by atoms with Crippen molar-refractivity contribution in [2.24, 2.45) is 0 Å². The van der Waals surface area contributed by atoms with Gasteiger partial charge in [-0.3, -0.25) is 4.79 Å². The Morgan fingerprint density at radius 2 is 1.18 bits per heavy atom. The summed E-state index contributed by atoms with van der Waals surface area (Å²) >= 11 is 0. The molecule has 1 N–H and O–H groups in total. The Bertz CT molecular complexity index is 1900. The van der Waals surface area contributed by atoms with E-state index >= 15 is 4.79 Å². The van der Waals surface area contributed by atoms with Gasteiger partial charge in [0.05, 0.1) is 74.5 Å². The minimum Gasteiger partial charge on any atom is -0.497 e. The van der Waals surface area contributed by atoms with Gasteiger partial charge in [-0.25, -0.2) is 0 Å². The fourth-order valence-corrected chi connectivity index (χ4v) is 7.27. The highest BCUT2D eigenvalue weighted by atomic mass is 16.5. The molecule has 0 unspecified atom stereocenters. The van der Waals surface area contributed by atoms with Crippen LogP contribution in [-0.4, -0.2) is 73.9 Å². The zero-order valence-electron chi connectivity index (χ0n) is 29.4. The Hall–Kier alpha value is -5.29. The second-order valence-corrected chi connectivity index (χ2v) is 12.1. The number of methoxy groups -OCH3 is 8. The van der Waals surface area contributed by atoms with Gasteiger partial charge < -0.3 is 47.7 Å². The van der Waals surface area contributed by atoms with Crippen LogP contribution in [0, 0.1) is 0 Å². The molecule has 4 aromatic rings. The molecule has 4 atom stereocenters.